The number of nitrogens with one attached hydrogen (secondary N) is 1. The molecule has 1 aliphatic rings. The summed E-state index contributed by atoms with van der Waals surface area (Å²) in [7, 11) is 1.87. The van der Waals surface area contributed by atoms with Crippen molar-refractivity contribution in [3.63, 3.8) is 0 Å². The van der Waals surface area contributed by atoms with Crippen molar-refractivity contribution in [3.8, 4) is 0 Å². The Labute approximate surface area is 177 Å². The fourth-order valence-electron chi connectivity index (χ4n) is 3.94. The second-order valence-corrected chi connectivity index (χ2v) is 7.56. The Hall–Kier alpha value is -2.44. The number of rotatable bonds is 6. The number of hydrogen-bond donors (Lipinski definition) is 1. The molecule has 1 fully saturated rings. The SMILES string of the molecule is Cl.Cn1nc(C(=O)NCC2CCN(CCc3ccccn3)CC2)c2ccccc21. The van der Waals surface area contributed by atoms with Crippen molar-refractivity contribution in [2.24, 2.45) is 13.0 Å². The maximum atomic E-state index is 12.6. The van der Waals surface area contributed by atoms with Gasteiger partial charge in [-0.1, -0.05) is 24.3 Å². The zero-order valence-corrected chi connectivity index (χ0v) is 17.6. The Bertz CT molecular complexity index is 935. The zero-order valence-electron chi connectivity index (χ0n) is 16.8. The summed E-state index contributed by atoms with van der Waals surface area (Å²) in [6.07, 6.45) is 5.08. The maximum Gasteiger partial charge on any atom is 0.272 e. The molecule has 0 spiro atoms. The second kappa shape index (κ2) is 9.85. The summed E-state index contributed by atoms with van der Waals surface area (Å²) in [6.45, 7) is 3.94. The number of para-hydroxylation sites is 1. The molecular weight excluding hydrogens is 386 g/mol. The molecule has 1 amide bonds. The predicted molar refractivity (Wildman–Crippen MR) is 117 cm³/mol. The first-order valence-electron chi connectivity index (χ1n) is 10.0. The van der Waals surface area contributed by atoms with Gasteiger partial charge in [0.15, 0.2) is 5.69 Å². The Morgan fingerprint density at radius 3 is 2.66 bits per heavy atom. The van der Waals surface area contributed by atoms with E-state index in [4.69, 9.17) is 0 Å². The lowest BCUT2D eigenvalue weighted by Crippen LogP contribution is -2.39. The van der Waals surface area contributed by atoms with Crippen LogP contribution in [0.4, 0.5) is 0 Å². The largest absolute Gasteiger partial charge is 0.350 e. The van der Waals surface area contributed by atoms with Crippen molar-refractivity contribution in [2.45, 2.75) is 19.3 Å². The molecule has 29 heavy (non-hydrogen) atoms. The summed E-state index contributed by atoms with van der Waals surface area (Å²) >= 11 is 0. The summed E-state index contributed by atoms with van der Waals surface area (Å²) in [4.78, 5) is 19.5. The third kappa shape index (κ3) is 5.14. The van der Waals surface area contributed by atoms with Gasteiger partial charge in [-0.05, 0) is 50.0 Å². The summed E-state index contributed by atoms with van der Waals surface area (Å²) < 4.78 is 1.77. The van der Waals surface area contributed by atoms with E-state index in [0.29, 0.717) is 11.6 Å². The van der Waals surface area contributed by atoms with Crippen LogP contribution in [0.3, 0.4) is 0 Å². The summed E-state index contributed by atoms with van der Waals surface area (Å²) in [5, 5.41) is 8.42. The molecule has 1 N–H and O–H groups in total. The van der Waals surface area contributed by atoms with Crippen LogP contribution in [0, 0.1) is 5.92 Å². The number of benzene rings is 1. The van der Waals surface area contributed by atoms with E-state index in [0.717, 1.165) is 62.0 Å². The molecule has 6 nitrogen and oxygen atoms in total. The van der Waals surface area contributed by atoms with Crippen LogP contribution < -0.4 is 5.32 Å². The molecule has 0 saturated carbocycles. The Balaban J connectivity index is 0.00000240. The van der Waals surface area contributed by atoms with Crippen LogP contribution in [0.2, 0.25) is 0 Å². The zero-order chi connectivity index (χ0) is 19.3. The van der Waals surface area contributed by atoms with Crippen LogP contribution in [0.15, 0.2) is 48.7 Å². The topological polar surface area (TPSA) is 63.1 Å². The van der Waals surface area contributed by atoms with E-state index >= 15 is 0 Å². The molecule has 0 atom stereocenters. The van der Waals surface area contributed by atoms with Gasteiger partial charge in [0.25, 0.3) is 5.91 Å². The summed E-state index contributed by atoms with van der Waals surface area (Å²) in [6, 6.07) is 13.9. The van der Waals surface area contributed by atoms with E-state index in [1.54, 1.807) is 4.68 Å². The normalized spacial score (nSPS) is 15.2. The number of piperidine rings is 1. The van der Waals surface area contributed by atoms with Crippen LogP contribution >= 0.6 is 12.4 Å². The number of likely N-dealkylation sites (tertiary alicyclic amines) is 1. The lowest BCUT2D eigenvalue weighted by Gasteiger charge is -2.31. The van der Waals surface area contributed by atoms with E-state index in [1.165, 1.54) is 0 Å². The number of aryl methyl sites for hydroxylation is 1. The molecule has 0 aliphatic carbocycles. The van der Waals surface area contributed by atoms with Crippen LogP contribution in [0.5, 0.6) is 0 Å². The van der Waals surface area contributed by atoms with Crippen LogP contribution in [0.25, 0.3) is 10.9 Å². The quantitative estimate of drug-likeness (QED) is 0.674. The first kappa shape index (κ1) is 21.3. The van der Waals surface area contributed by atoms with Gasteiger partial charge in [-0.3, -0.25) is 14.5 Å². The van der Waals surface area contributed by atoms with Crippen molar-refractivity contribution in [3.05, 3.63) is 60.0 Å². The highest BCUT2D eigenvalue weighted by molar-refractivity contribution is 6.04. The number of nitrogens with zero attached hydrogens (tertiary/aromatic N) is 4. The molecule has 0 bridgehead atoms. The van der Waals surface area contributed by atoms with E-state index in [1.807, 2.05) is 49.6 Å². The first-order chi connectivity index (χ1) is 13.7. The molecule has 7 heteroatoms. The van der Waals surface area contributed by atoms with Gasteiger partial charge in [0.2, 0.25) is 0 Å². The minimum Gasteiger partial charge on any atom is -0.350 e. The molecule has 3 heterocycles. The minimum atomic E-state index is -0.0746. The fraction of sp³-hybridized carbons (Fsp3) is 0.409. The first-order valence-corrected chi connectivity index (χ1v) is 10.0. The third-order valence-corrected chi connectivity index (χ3v) is 5.64. The number of carbonyl (C=O) groups is 1. The number of carbonyl (C=O) groups excluding carboxylic acids is 1. The molecule has 2 aromatic heterocycles. The molecule has 0 unspecified atom stereocenters. The van der Waals surface area contributed by atoms with E-state index < -0.39 is 0 Å². The molecule has 1 saturated heterocycles. The van der Waals surface area contributed by atoms with Gasteiger partial charge in [0.1, 0.15) is 0 Å². The van der Waals surface area contributed by atoms with Gasteiger partial charge < -0.3 is 10.2 Å². The number of aromatic nitrogens is 3. The van der Waals surface area contributed by atoms with Gasteiger partial charge in [0, 0.05) is 43.8 Å². The average Bonchev–Trinajstić information content (AvgIpc) is 3.09. The molecular formula is C22H28ClN5O. The molecule has 1 aromatic carbocycles. The van der Waals surface area contributed by atoms with Gasteiger partial charge >= 0.3 is 0 Å². The molecule has 1 aliphatic heterocycles. The van der Waals surface area contributed by atoms with Crippen LogP contribution in [-0.4, -0.2) is 51.8 Å². The fourth-order valence-corrected chi connectivity index (χ4v) is 3.94. The second-order valence-electron chi connectivity index (χ2n) is 7.56. The number of fused-ring (bicyclic) bond motifs is 1. The smallest absolute Gasteiger partial charge is 0.272 e. The molecule has 4 rings (SSSR count). The number of hydrogen-bond acceptors (Lipinski definition) is 4. The number of halogens is 1. The predicted octanol–water partition coefficient (Wildman–Crippen LogP) is 3.07. The highest BCUT2D eigenvalue weighted by atomic mass is 35.5. The summed E-state index contributed by atoms with van der Waals surface area (Å²) in [5.74, 6) is 0.458. The molecule has 154 valence electrons. The Kier molecular flexibility index (Phi) is 7.23. The van der Waals surface area contributed by atoms with Crippen molar-refractivity contribution < 1.29 is 4.79 Å². The van der Waals surface area contributed by atoms with Crippen molar-refractivity contribution in [2.75, 3.05) is 26.2 Å². The maximum absolute atomic E-state index is 12.6. The highest BCUT2D eigenvalue weighted by Gasteiger charge is 2.21. The van der Waals surface area contributed by atoms with E-state index in [2.05, 4.69) is 26.4 Å². The van der Waals surface area contributed by atoms with Gasteiger partial charge in [-0.25, -0.2) is 0 Å². The molecule has 0 radical (unpaired) electrons. The number of pyridine rings is 1. The van der Waals surface area contributed by atoms with Crippen molar-refractivity contribution in [1.29, 1.82) is 0 Å². The third-order valence-electron chi connectivity index (χ3n) is 5.64. The van der Waals surface area contributed by atoms with Gasteiger partial charge in [-0.2, -0.15) is 5.10 Å². The minimum absolute atomic E-state index is 0. The van der Waals surface area contributed by atoms with E-state index in [-0.39, 0.29) is 18.3 Å². The molecule has 3 aromatic rings. The lowest BCUT2D eigenvalue weighted by molar-refractivity contribution is 0.0932. The Morgan fingerprint density at radius 2 is 1.90 bits per heavy atom. The van der Waals surface area contributed by atoms with Gasteiger partial charge in [-0.15, -0.1) is 12.4 Å². The Morgan fingerprint density at radius 1 is 1.14 bits per heavy atom. The lowest BCUT2D eigenvalue weighted by atomic mass is 9.96. The number of amides is 1. The van der Waals surface area contributed by atoms with Crippen LogP contribution in [0.1, 0.15) is 29.0 Å². The summed E-state index contributed by atoms with van der Waals surface area (Å²) in [5.41, 5.74) is 2.65. The standard InChI is InChI=1S/C22H27N5O.ClH/c1-26-20-8-3-2-7-19(20)21(25-26)22(28)24-16-17-9-13-27(14-10-17)15-11-18-6-4-5-12-23-18;/h2-8,12,17H,9-11,13-16H2,1H3,(H,24,28);1H. The van der Waals surface area contributed by atoms with Crippen molar-refractivity contribution >= 4 is 29.2 Å². The van der Waals surface area contributed by atoms with Crippen molar-refractivity contribution in [1.82, 2.24) is 25.0 Å². The monoisotopic (exact) mass is 413 g/mol. The van der Waals surface area contributed by atoms with Gasteiger partial charge in [0.05, 0.1) is 5.52 Å². The highest BCUT2D eigenvalue weighted by Crippen LogP contribution is 2.19. The van der Waals surface area contributed by atoms with E-state index in [9.17, 15) is 4.79 Å². The average molecular weight is 414 g/mol. The van der Waals surface area contributed by atoms with Crippen LogP contribution in [-0.2, 0) is 13.5 Å².